The molecule has 0 heterocycles. The SMILES string of the molecule is CCCNCc1cc(Cl)ccc1N(C)C1CCCCC1C. The Morgan fingerprint density at radius 3 is 2.76 bits per heavy atom. The van der Waals surface area contributed by atoms with E-state index >= 15 is 0 Å². The smallest absolute Gasteiger partial charge is 0.0412 e. The number of hydrogen-bond donors (Lipinski definition) is 1. The standard InChI is InChI=1S/C18H29ClN2/c1-4-11-20-13-15-12-16(19)9-10-18(15)21(3)17-8-6-5-7-14(17)2/h9-10,12,14,17,20H,4-8,11,13H2,1-3H3. The van der Waals surface area contributed by atoms with E-state index in [1.807, 2.05) is 6.07 Å². The largest absolute Gasteiger partial charge is 0.371 e. The van der Waals surface area contributed by atoms with E-state index < -0.39 is 0 Å². The fraction of sp³-hybridized carbons (Fsp3) is 0.667. The van der Waals surface area contributed by atoms with Crippen molar-refractivity contribution in [2.45, 2.75) is 58.5 Å². The van der Waals surface area contributed by atoms with Crippen LogP contribution in [-0.2, 0) is 6.54 Å². The van der Waals surface area contributed by atoms with Crippen molar-refractivity contribution in [2.75, 3.05) is 18.5 Å². The van der Waals surface area contributed by atoms with Gasteiger partial charge in [-0.3, -0.25) is 0 Å². The maximum Gasteiger partial charge on any atom is 0.0412 e. The first-order valence-electron chi connectivity index (χ1n) is 8.35. The van der Waals surface area contributed by atoms with Gasteiger partial charge in [-0.05, 0) is 55.5 Å². The first-order valence-corrected chi connectivity index (χ1v) is 8.73. The molecule has 0 amide bonds. The number of rotatable bonds is 6. The zero-order valence-corrected chi connectivity index (χ0v) is 14.4. The Morgan fingerprint density at radius 1 is 1.29 bits per heavy atom. The predicted octanol–water partition coefficient (Wildman–Crippen LogP) is 4.85. The number of benzene rings is 1. The van der Waals surface area contributed by atoms with Crippen LogP contribution in [0.25, 0.3) is 0 Å². The second-order valence-electron chi connectivity index (χ2n) is 6.39. The molecule has 2 atom stereocenters. The lowest BCUT2D eigenvalue weighted by molar-refractivity contribution is 0.321. The molecule has 1 aromatic carbocycles. The van der Waals surface area contributed by atoms with Crippen molar-refractivity contribution < 1.29 is 0 Å². The van der Waals surface area contributed by atoms with E-state index in [1.165, 1.54) is 36.9 Å². The van der Waals surface area contributed by atoms with E-state index in [9.17, 15) is 0 Å². The summed E-state index contributed by atoms with van der Waals surface area (Å²) in [6.07, 6.45) is 6.56. The van der Waals surface area contributed by atoms with E-state index in [2.05, 4.69) is 43.2 Å². The second kappa shape index (κ2) is 8.05. The van der Waals surface area contributed by atoms with Crippen LogP contribution in [0.5, 0.6) is 0 Å². The zero-order valence-electron chi connectivity index (χ0n) is 13.7. The molecule has 3 heteroatoms. The third-order valence-electron chi connectivity index (χ3n) is 4.73. The highest BCUT2D eigenvalue weighted by molar-refractivity contribution is 6.30. The summed E-state index contributed by atoms with van der Waals surface area (Å²) in [5.74, 6) is 0.774. The van der Waals surface area contributed by atoms with Gasteiger partial charge in [-0.1, -0.05) is 38.3 Å². The summed E-state index contributed by atoms with van der Waals surface area (Å²) in [7, 11) is 2.25. The molecule has 0 bridgehead atoms. The van der Waals surface area contributed by atoms with Crippen LogP contribution in [0.15, 0.2) is 18.2 Å². The summed E-state index contributed by atoms with van der Waals surface area (Å²) in [5.41, 5.74) is 2.65. The van der Waals surface area contributed by atoms with E-state index in [1.54, 1.807) is 0 Å². The maximum atomic E-state index is 6.20. The lowest BCUT2D eigenvalue weighted by Crippen LogP contribution is -2.39. The van der Waals surface area contributed by atoms with Gasteiger partial charge in [0.1, 0.15) is 0 Å². The van der Waals surface area contributed by atoms with Gasteiger partial charge in [-0.25, -0.2) is 0 Å². The average molecular weight is 309 g/mol. The average Bonchev–Trinajstić information content (AvgIpc) is 2.47. The Hall–Kier alpha value is -0.730. The van der Waals surface area contributed by atoms with Crippen LogP contribution < -0.4 is 10.2 Å². The fourth-order valence-electron chi connectivity index (χ4n) is 3.49. The van der Waals surface area contributed by atoms with E-state index in [-0.39, 0.29) is 0 Å². The van der Waals surface area contributed by atoms with Gasteiger partial charge in [0.15, 0.2) is 0 Å². The van der Waals surface area contributed by atoms with Crippen LogP contribution in [0, 0.1) is 5.92 Å². The van der Waals surface area contributed by atoms with Crippen molar-refractivity contribution >= 4 is 17.3 Å². The third kappa shape index (κ3) is 4.37. The molecule has 2 nitrogen and oxygen atoms in total. The van der Waals surface area contributed by atoms with Crippen LogP contribution in [0.4, 0.5) is 5.69 Å². The summed E-state index contributed by atoms with van der Waals surface area (Å²) in [6, 6.07) is 6.98. The molecule has 1 N–H and O–H groups in total. The first-order chi connectivity index (χ1) is 10.1. The fourth-order valence-corrected chi connectivity index (χ4v) is 3.69. The van der Waals surface area contributed by atoms with Crippen molar-refractivity contribution in [3.05, 3.63) is 28.8 Å². The lowest BCUT2D eigenvalue weighted by Gasteiger charge is -2.38. The number of anilines is 1. The van der Waals surface area contributed by atoms with Crippen molar-refractivity contribution in [1.29, 1.82) is 0 Å². The third-order valence-corrected chi connectivity index (χ3v) is 4.96. The summed E-state index contributed by atoms with van der Waals surface area (Å²) in [5, 5.41) is 4.33. The zero-order chi connectivity index (χ0) is 15.2. The number of nitrogens with one attached hydrogen (secondary N) is 1. The van der Waals surface area contributed by atoms with Crippen LogP contribution in [-0.4, -0.2) is 19.6 Å². The summed E-state index contributed by atoms with van der Waals surface area (Å²) >= 11 is 6.20. The molecule has 21 heavy (non-hydrogen) atoms. The molecule has 1 aliphatic carbocycles. The number of halogens is 1. The summed E-state index contributed by atoms with van der Waals surface area (Å²) in [6.45, 7) is 6.54. The van der Waals surface area contributed by atoms with E-state index in [4.69, 9.17) is 11.6 Å². The molecular formula is C18H29ClN2. The molecular weight excluding hydrogens is 280 g/mol. The molecule has 2 unspecified atom stereocenters. The van der Waals surface area contributed by atoms with Crippen LogP contribution >= 0.6 is 11.6 Å². The van der Waals surface area contributed by atoms with Gasteiger partial charge < -0.3 is 10.2 Å². The lowest BCUT2D eigenvalue weighted by atomic mass is 9.84. The molecule has 2 rings (SSSR count). The van der Waals surface area contributed by atoms with Crippen molar-refractivity contribution in [2.24, 2.45) is 5.92 Å². The Labute approximate surface area is 134 Å². The Kier molecular flexibility index (Phi) is 6.38. The molecule has 0 saturated heterocycles. The highest BCUT2D eigenvalue weighted by Gasteiger charge is 2.26. The molecule has 1 fully saturated rings. The first kappa shape index (κ1) is 16.6. The van der Waals surface area contributed by atoms with Crippen molar-refractivity contribution in [3.8, 4) is 0 Å². The van der Waals surface area contributed by atoms with Gasteiger partial charge in [-0.15, -0.1) is 0 Å². The predicted molar refractivity (Wildman–Crippen MR) is 93.3 cm³/mol. The summed E-state index contributed by atoms with van der Waals surface area (Å²) < 4.78 is 0. The minimum atomic E-state index is 0.657. The van der Waals surface area contributed by atoms with Gasteiger partial charge in [0, 0.05) is 30.3 Å². The minimum absolute atomic E-state index is 0.657. The minimum Gasteiger partial charge on any atom is -0.371 e. The quantitative estimate of drug-likeness (QED) is 0.755. The molecule has 0 spiro atoms. The number of nitrogens with zero attached hydrogens (tertiary/aromatic N) is 1. The molecule has 1 aliphatic rings. The number of hydrogen-bond acceptors (Lipinski definition) is 2. The van der Waals surface area contributed by atoms with Gasteiger partial charge in [-0.2, -0.15) is 0 Å². The molecule has 0 aromatic heterocycles. The molecule has 1 saturated carbocycles. The highest BCUT2D eigenvalue weighted by atomic mass is 35.5. The van der Waals surface area contributed by atoms with E-state index in [0.717, 1.165) is 30.5 Å². The maximum absolute atomic E-state index is 6.20. The second-order valence-corrected chi connectivity index (χ2v) is 6.83. The normalized spacial score (nSPS) is 22.3. The van der Waals surface area contributed by atoms with Crippen LogP contribution in [0.1, 0.15) is 51.5 Å². The Morgan fingerprint density at radius 2 is 2.05 bits per heavy atom. The Bertz CT molecular complexity index is 447. The van der Waals surface area contributed by atoms with Gasteiger partial charge >= 0.3 is 0 Å². The molecule has 118 valence electrons. The Balaban J connectivity index is 2.16. The molecule has 0 radical (unpaired) electrons. The van der Waals surface area contributed by atoms with Gasteiger partial charge in [0.05, 0.1) is 0 Å². The van der Waals surface area contributed by atoms with Crippen LogP contribution in [0.2, 0.25) is 5.02 Å². The highest BCUT2D eigenvalue weighted by Crippen LogP contribution is 2.33. The summed E-state index contributed by atoms with van der Waals surface area (Å²) in [4.78, 5) is 2.49. The van der Waals surface area contributed by atoms with Crippen molar-refractivity contribution in [3.63, 3.8) is 0 Å². The molecule has 0 aliphatic heterocycles. The molecule has 1 aromatic rings. The van der Waals surface area contributed by atoms with Crippen molar-refractivity contribution in [1.82, 2.24) is 5.32 Å². The van der Waals surface area contributed by atoms with Gasteiger partial charge in [0.2, 0.25) is 0 Å². The van der Waals surface area contributed by atoms with Crippen LogP contribution in [0.3, 0.4) is 0 Å². The topological polar surface area (TPSA) is 15.3 Å². The van der Waals surface area contributed by atoms with Gasteiger partial charge in [0.25, 0.3) is 0 Å². The van der Waals surface area contributed by atoms with E-state index in [0.29, 0.717) is 6.04 Å². The monoisotopic (exact) mass is 308 g/mol.